The second-order valence-electron chi connectivity index (χ2n) is 4.37. The van der Waals surface area contributed by atoms with E-state index in [-0.39, 0.29) is 0 Å². The smallest absolute Gasteiger partial charge is 0.107 e. The molecular weight excluding hydrogens is 286 g/mol. The fourth-order valence-corrected chi connectivity index (χ4v) is 2.91. The molecule has 1 aromatic carbocycles. The fraction of sp³-hybridized carbons (Fsp3) is 0.200. The molecule has 104 valence electrons. The number of hydrogen-bond acceptors (Lipinski definition) is 4. The van der Waals surface area contributed by atoms with Crippen molar-refractivity contribution >= 4 is 34.7 Å². The van der Waals surface area contributed by atoms with Gasteiger partial charge >= 0.3 is 0 Å². The average Bonchev–Trinajstić information content (AvgIpc) is 2.45. The predicted molar refractivity (Wildman–Crippen MR) is 90.4 cm³/mol. The number of pyridine rings is 1. The summed E-state index contributed by atoms with van der Waals surface area (Å²) in [5.74, 6) is 0. The van der Waals surface area contributed by atoms with Crippen molar-refractivity contribution in [2.24, 2.45) is 5.73 Å². The lowest BCUT2D eigenvalue weighted by Crippen LogP contribution is -2.15. The summed E-state index contributed by atoms with van der Waals surface area (Å²) < 4.78 is 0. The van der Waals surface area contributed by atoms with Crippen LogP contribution in [0.1, 0.15) is 16.8 Å². The molecule has 1 aromatic heterocycles. The molecule has 0 aliphatic carbocycles. The van der Waals surface area contributed by atoms with E-state index in [2.05, 4.69) is 23.3 Å². The van der Waals surface area contributed by atoms with Crippen molar-refractivity contribution in [1.82, 2.24) is 4.98 Å². The molecule has 0 saturated carbocycles. The van der Waals surface area contributed by atoms with E-state index < -0.39 is 0 Å². The molecule has 3 N–H and O–H groups in total. The van der Waals surface area contributed by atoms with Crippen LogP contribution in [-0.4, -0.2) is 16.2 Å². The highest BCUT2D eigenvalue weighted by Gasteiger charge is 2.10. The van der Waals surface area contributed by atoms with Crippen LogP contribution >= 0.6 is 24.0 Å². The Labute approximate surface area is 129 Å². The minimum Gasteiger partial charge on any atom is -0.389 e. The van der Waals surface area contributed by atoms with Crippen molar-refractivity contribution in [3.63, 3.8) is 0 Å². The average molecular weight is 303 g/mol. The SMILES string of the molecule is CSc1cccc(NCc2ncccc2C)c1C(N)=S. The molecule has 20 heavy (non-hydrogen) atoms. The molecule has 0 atom stereocenters. The van der Waals surface area contributed by atoms with Gasteiger partial charge in [0.2, 0.25) is 0 Å². The molecule has 1 heterocycles. The minimum atomic E-state index is 0.412. The summed E-state index contributed by atoms with van der Waals surface area (Å²) in [5, 5.41) is 3.38. The van der Waals surface area contributed by atoms with Gasteiger partial charge in [-0.25, -0.2) is 0 Å². The van der Waals surface area contributed by atoms with Gasteiger partial charge in [-0.3, -0.25) is 4.98 Å². The third kappa shape index (κ3) is 3.29. The molecule has 0 fully saturated rings. The molecule has 0 aliphatic rings. The molecule has 2 rings (SSSR count). The molecule has 0 unspecified atom stereocenters. The maximum Gasteiger partial charge on any atom is 0.107 e. The van der Waals surface area contributed by atoms with E-state index in [1.807, 2.05) is 30.5 Å². The molecule has 2 aromatic rings. The van der Waals surface area contributed by atoms with E-state index in [1.165, 1.54) is 0 Å². The van der Waals surface area contributed by atoms with Crippen LogP contribution in [0.15, 0.2) is 41.4 Å². The number of nitrogens with zero attached hydrogens (tertiary/aromatic N) is 1. The Bertz CT molecular complexity index is 626. The summed E-state index contributed by atoms with van der Waals surface area (Å²) in [5.41, 5.74) is 9.90. The lowest BCUT2D eigenvalue weighted by atomic mass is 10.1. The molecule has 0 bridgehead atoms. The normalized spacial score (nSPS) is 10.3. The van der Waals surface area contributed by atoms with Crippen LogP contribution in [0.5, 0.6) is 0 Å². The Balaban J connectivity index is 2.26. The van der Waals surface area contributed by atoms with Crippen LogP contribution in [-0.2, 0) is 6.54 Å². The van der Waals surface area contributed by atoms with Gasteiger partial charge in [-0.15, -0.1) is 11.8 Å². The van der Waals surface area contributed by atoms with Gasteiger partial charge in [0, 0.05) is 22.3 Å². The van der Waals surface area contributed by atoms with Crippen LogP contribution in [0.2, 0.25) is 0 Å². The van der Waals surface area contributed by atoms with Crippen molar-refractivity contribution in [3.05, 3.63) is 53.3 Å². The van der Waals surface area contributed by atoms with Gasteiger partial charge in [-0.1, -0.05) is 24.4 Å². The maximum atomic E-state index is 5.85. The zero-order chi connectivity index (χ0) is 14.5. The first-order valence-electron chi connectivity index (χ1n) is 6.24. The molecule has 0 aliphatic heterocycles. The molecule has 0 radical (unpaired) electrons. The topological polar surface area (TPSA) is 50.9 Å². The Morgan fingerprint density at radius 3 is 2.80 bits per heavy atom. The van der Waals surface area contributed by atoms with E-state index in [0.717, 1.165) is 27.4 Å². The van der Waals surface area contributed by atoms with E-state index in [0.29, 0.717) is 11.5 Å². The molecule has 3 nitrogen and oxygen atoms in total. The Hall–Kier alpha value is -1.59. The van der Waals surface area contributed by atoms with Crippen molar-refractivity contribution < 1.29 is 0 Å². The highest BCUT2D eigenvalue weighted by molar-refractivity contribution is 7.98. The first-order valence-corrected chi connectivity index (χ1v) is 7.88. The zero-order valence-electron chi connectivity index (χ0n) is 11.5. The number of anilines is 1. The summed E-state index contributed by atoms with van der Waals surface area (Å²) in [7, 11) is 0. The zero-order valence-corrected chi connectivity index (χ0v) is 13.1. The van der Waals surface area contributed by atoms with Gasteiger partial charge < -0.3 is 11.1 Å². The first kappa shape index (κ1) is 14.8. The Morgan fingerprint density at radius 1 is 1.35 bits per heavy atom. The number of aryl methyl sites for hydroxylation is 1. The number of thioether (sulfide) groups is 1. The number of thiocarbonyl (C=S) groups is 1. The number of rotatable bonds is 5. The minimum absolute atomic E-state index is 0.412. The maximum absolute atomic E-state index is 5.85. The summed E-state index contributed by atoms with van der Waals surface area (Å²) in [6.45, 7) is 2.71. The largest absolute Gasteiger partial charge is 0.389 e. The fourth-order valence-electron chi connectivity index (χ4n) is 1.99. The number of benzene rings is 1. The van der Waals surface area contributed by atoms with E-state index >= 15 is 0 Å². The summed E-state index contributed by atoms with van der Waals surface area (Å²) in [6.07, 6.45) is 3.82. The summed E-state index contributed by atoms with van der Waals surface area (Å²) in [4.78, 5) is 5.87. The summed E-state index contributed by atoms with van der Waals surface area (Å²) >= 11 is 6.81. The highest BCUT2D eigenvalue weighted by Crippen LogP contribution is 2.27. The number of nitrogens with two attached hydrogens (primary N) is 1. The molecule has 0 spiro atoms. The van der Waals surface area contributed by atoms with Crippen LogP contribution < -0.4 is 11.1 Å². The van der Waals surface area contributed by atoms with Gasteiger partial charge in [-0.05, 0) is 36.9 Å². The van der Waals surface area contributed by atoms with E-state index in [9.17, 15) is 0 Å². The Morgan fingerprint density at radius 2 is 2.15 bits per heavy atom. The quantitative estimate of drug-likeness (QED) is 0.655. The standard InChI is InChI=1S/C15H17N3S2/c1-10-5-4-8-17-12(10)9-18-11-6-3-7-13(20-2)14(11)15(16)19/h3-8,18H,9H2,1-2H3,(H2,16,19). The lowest BCUT2D eigenvalue weighted by molar-refractivity contribution is 1.02. The van der Waals surface area contributed by atoms with Crippen LogP contribution in [0.3, 0.4) is 0 Å². The number of aromatic nitrogens is 1. The van der Waals surface area contributed by atoms with Gasteiger partial charge in [0.25, 0.3) is 0 Å². The van der Waals surface area contributed by atoms with E-state index in [1.54, 1.807) is 18.0 Å². The lowest BCUT2D eigenvalue weighted by Gasteiger charge is -2.14. The van der Waals surface area contributed by atoms with Crippen molar-refractivity contribution in [2.45, 2.75) is 18.4 Å². The third-order valence-electron chi connectivity index (χ3n) is 3.06. The van der Waals surface area contributed by atoms with Crippen LogP contribution in [0.25, 0.3) is 0 Å². The van der Waals surface area contributed by atoms with Gasteiger partial charge in [0.05, 0.1) is 12.2 Å². The molecule has 0 amide bonds. The number of nitrogens with one attached hydrogen (secondary N) is 1. The van der Waals surface area contributed by atoms with Gasteiger partial charge in [0.1, 0.15) is 4.99 Å². The van der Waals surface area contributed by atoms with Gasteiger partial charge in [-0.2, -0.15) is 0 Å². The molecule has 5 heteroatoms. The van der Waals surface area contributed by atoms with Crippen molar-refractivity contribution in [1.29, 1.82) is 0 Å². The second kappa shape index (κ2) is 6.72. The molecular formula is C15H17N3S2. The number of hydrogen-bond donors (Lipinski definition) is 2. The third-order valence-corrected chi connectivity index (χ3v) is 4.04. The predicted octanol–water partition coefficient (Wildman–Crippen LogP) is 3.36. The van der Waals surface area contributed by atoms with Crippen LogP contribution in [0, 0.1) is 6.92 Å². The Kier molecular flexibility index (Phi) is 4.98. The van der Waals surface area contributed by atoms with Crippen LogP contribution in [0.4, 0.5) is 5.69 Å². The summed E-state index contributed by atoms with van der Waals surface area (Å²) in [6, 6.07) is 10.0. The first-order chi connectivity index (χ1) is 9.63. The van der Waals surface area contributed by atoms with E-state index in [4.69, 9.17) is 18.0 Å². The monoisotopic (exact) mass is 303 g/mol. The van der Waals surface area contributed by atoms with Crippen molar-refractivity contribution in [2.75, 3.05) is 11.6 Å². The van der Waals surface area contributed by atoms with Gasteiger partial charge in [0.15, 0.2) is 0 Å². The highest BCUT2D eigenvalue weighted by atomic mass is 32.2. The van der Waals surface area contributed by atoms with Crippen molar-refractivity contribution in [3.8, 4) is 0 Å². The molecule has 0 saturated heterocycles. The second-order valence-corrected chi connectivity index (χ2v) is 5.66.